The summed E-state index contributed by atoms with van der Waals surface area (Å²) < 4.78 is 44.9. The number of methoxy groups -OCH3 is 1. The van der Waals surface area contributed by atoms with Gasteiger partial charge in [-0.25, -0.2) is 4.79 Å². The van der Waals surface area contributed by atoms with Gasteiger partial charge in [0.1, 0.15) is 6.61 Å². The van der Waals surface area contributed by atoms with Gasteiger partial charge < -0.3 is 23.8 Å². The molecule has 0 atom stereocenters. The van der Waals surface area contributed by atoms with E-state index in [0.717, 1.165) is 0 Å². The van der Waals surface area contributed by atoms with Gasteiger partial charge in [0.2, 0.25) is 0 Å². The van der Waals surface area contributed by atoms with Gasteiger partial charge >= 0.3 is 12.6 Å². The molecule has 0 N–H and O–H groups in total. The standard InChI is InChI=1S/C20H20F2N2O7/c1-28-18-10-13(2-5-17(18)31-20(21)22)12-30-19(25)15-11-14(24(26)27)3-4-16(15)23-6-8-29-9-7-23/h2-5,10-11,20H,6-9,12H2,1H3. The summed E-state index contributed by atoms with van der Waals surface area (Å²) in [7, 11) is 1.29. The number of nitro benzene ring substituents is 1. The first-order chi connectivity index (χ1) is 14.9. The predicted octanol–water partition coefficient (Wildman–Crippen LogP) is 3.40. The zero-order chi connectivity index (χ0) is 22.4. The van der Waals surface area contributed by atoms with E-state index in [2.05, 4.69) is 4.74 Å². The van der Waals surface area contributed by atoms with E-state index in [1.165, 1.54) is 43.5 Å². The van der Waals surface area contributed by atoms with Gasteiger partial charge in [-0.3, -0.25) is 10.1 Å². The van der Waals surface area contributed by atoms with Gasteiger partial charge in [-0.05, 0) is 23.8 Å². The molecule has 0 aliphatic carbocycles. The molecule has 9 nitrogen and oxygen atoms in total. The number of carbonyl (C=O) groups excluding carboxylic acids is 1. The summed E-state index contributed by atoms with van der Waals surface area (Å²) in [5.41, 5.74) is 0.794. The van der Waals surface area contributed by atoms with Crippen LogP contribution in [0.1, 0.15) is 15.9 Å². The number of alkyl halides is 2. The molecule has 1 heterocycles. The fourth-order valence-electron chi connectivity index (χ4n) is 3.10. The Labute approximate surface area is 176 Å². The van der Waals surface area contributed by atoms with Gasteiger partial charge in [0, 0.05) is 25.2 Å². The Morgan fingerprint density at radius 1 is 1.19 bits per heavy atom. The Hall–Kier alpha value is -3.47. The lowest BCUT2D eigenvalue weighted by Gasteiger charge is -2.30. The number of benzene rings is 2. The highest BCUT2D eigenvalue weighted by molar-refractivity contribution is 5.96. The molecule has 1 aliphatic heterocycles. The molecule has 0 saturated carbocycles. The van der Waals surface area contributed by atoms with Crippen LogP contribution < -0.4 is 14.4 Å². The van der Waals surface area contributed by atoms with Gasteiger partial charge in [-0.1, -0.05) is 6.07 Å². The van der Waals surface area contributed by atoms with Gasteiger partial charge in [0.05, 0.1) is 36.5 Å². The van der Waals surface area contributed by atoms with Crippen molar-refractivity contribution in [3.63, 3.8) is 0 Å². The third-order valence-electron chi connectivity index (χ3n) is 4.58. The summed E-state index contributed by atoms with van der Waals surface area (Å²) in [6, 6.07) is 8.15. The lowest BCUT2D eigenvalue weighted by molar-refractivity contribution is -0.384. The maximum absolute atomic E-state index is 12.8. The molecule has 3 rings (SSSR count). The Kier molecular flexibility index (Phi) is 7.19. The molecule has 1 aliphatic rings. The Morgan fingerprint density at radius 2 is 1.94 bits per heavy atom. The molecule has 0 bridgehead atoms. The summed E-state index contributed by atoms with van der Waals surface area (Å²) in [5, 5.41) is 11.2. The van der Waals surface area contributed by atoms with Crippen molar-refractivity contribution in [2.75, 3.05) is 38.3 Å². The first-order valence-electron chi connectivity index (χ1n) is 9.29. The molecule has 0 aromatic heterocycles. The Balaban J connectivity index is 1.79. The average Bonchev–Trinajstić information content (AvgIpc) is 2.77. The number of esters is 1. The molecule has 0 amide bonds. The molecule has 31 heavy (non-hydrogen) atoms. The van der Waals surface area contributed by atoms with Crippen LogP contribution in [-0.4, -0.2) is 50.9 Å². The molecule has 166 valence electrons. The van der Waals surface area contributed by atoms with E-state index in [1.54, 1.807) is 0 Å². The number of anilines is 1. The van der Waals surface area contributed by atoms with E-state index in [9.17, 15) is 23.7 Å². The molecule has 0 spiro atoms. The summed E-state index contributed by atoms with van der Waals surface area (Å²) in [5.74, 6) is -0.851. The second-order valence-corrected chi connectivity index (χ2v) is 6.50. The van der Waals surface area contributed by atoms with Crippen molar-refractivity contribution >= 4 is 17.3 Å². The monoisotopic (exact) mass is 438 g/mol. The number of carbonyl (C=O) groups is 1. The minimum Gasteiger partial charge on any atom is -0.493 e. The molecule has 1 saturated heterocycles. The zero-order valence-corrected chi connectivity index (χ0v) is 16.6. The van der Waals surface area contributed by atoms with Crippen molar-refractivity contribution in [2.45, 2.75) is 13.2 Å². The fraction of sp³-hybridized carbons (Fsp3) is 0.350. The minimum absolute atomic E-state index is 0.0539. The Bertz CT molecular complexity index is 949. The van der Waals surface area contributed by atoms with E-state index in [1.807, 2.05) is 4.90 Å². The SMILES string of the molecule is COc1cc(COC(=O)c2cc([N+](=O)[O-])ccc2N2CCOCC2)ccc1OC(F)F. The number of non-ortho nitro benzene ring substituents is 1. The quantitative estimate of drug-likeness (QED) is 0.351. The van der Waals surface area contributed by atoms with Gasteiger partial charge in [0.25, 0.3) is 5.69 Å². The molecular formula is C20H20F2N2O7. The predicted molar refractivity (Wildman–Crippen MR) is 105 cm³/mol. The van der Waals surface area contributed by atoms with Crippen LogP contribution in [0, 0.1) is 10.1 Å². The van der Waals surface area contributed by atoms with E-state index in [4.69, 9.17) is 14.2 Å². The van der Waals surface area contributed by atoms with Gasteiger partial charge in [-0.15, -0.1) is 0 Å². The van der Waals surface area contributed by atoms with Crippen molar-refractivity contribution in [1.29, 1.82) is 0 Å². The van der Waals surface area contributed by atoms with Gasteiger partial charge in [-0.2, -0.15) is 8.78 Å². The number of rotatable bonds is 8. The smallest absolute Gasteiger partial charge is 0.387 e. The van der Waals surface area contributed by atoms with Crippen molar-refractivity contribution in [2.24, 2.45) is 0 Å². The van der Waals surface area contributed by atoms with Crippen molar-refractivity contribution in [1.82, 2.24) is 0 Å². The highest BCUT2D eigenvalue weighted by Crippen LogP contribution is 2.31. The molecule has 2 aromatic carbocycles. The highest BCUT2D eigenvalue weighted by Gasteiger charge is 2.23. The number of hydrogen-bond acceptors (Lipinski definition) is 8. The molecular weight excluding hydrogens is 418 g/mol. The summed E-state index contributed by atoms with van der Waals surface area (Å²) in [6.07, 6.45) is 0. The van der Waals surface area contributed by atoms with Crippen LogP contribution in [0.2, 0.25) is 0 Å². The van der Waals surface area contributed by atoms with Crippen LogP contribution in [0.4, 0.5) is 20.2 Å². The molecule has 1 fully saturated rings. The third kappa shape index (κ3) is 5.57. The maximum atomic E-state index is 12.8. The van der Waals surface area contributed by atoms with E-state index < -0.39 is 17.5 Å². The second kappa shape index (κ2) is 10.0. The number of nitro groups is 1. The van der Waals surface area contributed by atoms with E-state index >= 15 is 0 Å². The normalized spacial score (nSPS) is 13.7. The van der Waals surface area contributed by atoms with Crippen LogP contribution in [0.25, 0.3) is 0 Å². The van der Waals surface area contributed by atoms with Crippen LogP contribution in [0.3, 0.4) is 0 Å². The van der Waals surface area contributed by atoms with Crippen molar-refractivity contribution in [3.8, 4) is 11.5 Å². The summed E-state index contributed by atoms with van der Waals surface area (Å²) in [4.78, 5) is 25.2. The van der Waals surface area contributed by atoms with Crippen LogP contribution in [-0.2, 0) is 16.1 Å². The lowest BCUT2D eigenvalue weighted by atomic mass is 10.1. The van der Waals surface area contributed by atoms with Gasteiger partial charge in [0.15, 0.2) is 11.5 Å². The second-order valence-electron chi connectivity index (χ2n) is 6.50. The van der Waals surface area contributed by atoms with Crippen molar-refractivity contribution in [3.05, 3.63) is 57.6 Å². The fourth-order valence-corrected chi connectivity index (χ4v) is 3.10. The number of ether oxygens (including phenoxy) is 4. The molecule has 0 unspecified atom stereocenters. The topological polar surface area (TPSA) is 100 Å². The summed E-state index contributed by atoms with van der Waals surface area (Å²) in [6.45, 7) is -1.21. The first-order valence-corrected chi connectivity index (χ1v) is 9.29. The van der Waals surface area contributed by atoms with Crippen LogP contribution >= 0.6 is 0 Å². The van der Waals surface area contributed by atoms with E-state index in [0.29, 0.717) is 37.6 Å². The number of halogens is 2. The lowest BCUT2D eigenvalue weighted by Crippen LogP contribution is -2.37. The highest BCUT2D eigenvalue weighted by atomic mass is 19.3. The zero-order valence-electron chi connectivity index (χ0n) is 16.6. The van der Waals surface area contributed by atoms with E-state index in [-0.39, 0.29) is 29.4 Å². The molecule has 0 radical (unpaired) electrons. The average molecular weight is 438 g/mol. The first kappa shape index (κ1) is 22.2. The molecule has 11 heteroatoms. The minimum atomic E-state index is -3.01. The number of nitrogens with zero attached hydrogens (tertiary/aromatic N) is 2. The largest absolute Gasteiger partial charge is 0.493 e. The maximum Gasteiger partial charge on any atom is 0.387 e. The molecule has 2 aromatic rings. The number of hydrogen-bond donors (Lipinski definition) is 0. The number of morpholine rings is 1. The van der Waals surface area contributed by atoms with Crippen LogP contribution in [0.5, 0.6) is 11.5 Å². The Morgan fingerprint density at radius 3 is 2.58 bits per heavy atom. The third-order valence-corrected chi connectivity index (χ3v) is 4.58. The van der Waals surface area contributed by atoms with Crippen LogP contribution in [0.15, 0.2) is 36.4 Å². The summed E-state index contributed by atoms with van der Waals surface area (Å²) >= 11 is 0. The van der Waals surface area contributed by atoms with Crippen molar-refractivity contribution < 1.29 is 37.4 Å².